The van der Waals surface area contributed by atoms with Gasteiger partial charge in [-0.15, -0.1) is 0 Å². The van der Waals surface area contributed by atoms with Crippen molar-refractivity contribution in [2.75, 3.05) is 0 Å². The summed E-state index contributed by atoms with van der Waals surface area (Å²) in [5.74, 6) is 0. The van der Waals surface area contributed by atoms with E-state index >= 15 is 0 Å². The highest BCUT2D eigenvalue weighted by Crippen LogP contribution is 2.29. The number of hydrogen-bond donors (Lipinski definition) is 0. The fourth-order valence-electron chi connectivity index (χ4n) is 2.51. The maximum absolute atomic E-state index is 4.23. The van der Waals surface area contributed by atoms with Crippen molar-refractivity contribution in [3.63, 3.8) is 0 Å². The summed E-state index contributed by atoms with van der Waals surface area (Å²) >= 11 is 0. The van der Waals surface area contributed by atoms with Crippen LogP contribution >= 0.6 is 0 Å². The lowest BCUT2D eigenvalue weighted by atomic mass is 10.1. The van der Waals surface area contributed by atoms with Gasteiger partial charge in [0.15, 0.2) is 0 Å². The monoisotopic (exact) mass is 210 g/mol. The Morgan fingerprint density at radius 1 is 1.19 bits per heavy atom. The molecule has 0 saturated heterocycles. The number of fused-ring (bicyclic) bond motifs is 3. The zero-order valence-corrected chi connectivity index (χ0v) is 9.57. The molecule has 0 aliphatic heterocycles. The van der Waals surface area contributed by atoms with Crippen LogP contribution in [0.15, 0.2) is 36.7 Å². The fourth-order valence-corrected chi connectivity index (χ4v) is 2.51. The van der Waals surface area contributed by atoms with Crippen LogP contribution in [0.25, 0.3) is 21.8 Å². The number of benzene rings is 1. The van der Waals surface area contributed by atoms with Crippen LogP contribution in [0.5, 0.6) is 0 Å². The molecule has 0 spiro atoms. The Morgan fingerprint density at radius 2 is 2.06 bits per heavy atom. The minimum atomic E-state index is 0.995. The molecule has 0 amide bonds. The highest BCUT2D eigenvalue weighted by Gasteiger charge is 2.10. The third-order valence-electron chi connectivity index (χ3n) is 3.20. The largest absolute Gasteiger partial charge is 0.340 e. The molecule has 0 saturated carbocycles. The molecule has 16 heavy (non-hydrogen) atoms. The third kappa shape index (κ3) is 1.10. The van der Waals surface area contributed by atoms with E-state index in [-0.39, 0.29) is 0 Å². The molecule has 0 aliphatic rings. The summed E-state index contributed by atoms with van der Waals surface area (Å²) in [6.45, 7) is 5.35. The Hall–Kier alpha value is -1.83. The lowest BCUT2D eigenvalue weighted by Gasteiger charge is -2.04. The molecule has 0 fully saturated rings. The van der Waals surface area contributed by atoms with Crippen molar-refractivity contribution in [1.82, 2.24) is 9.55 Å². The number of hydrogen-bond acceptors (Lipinski definition) is 1. The number of aryl methyl sites for hydroxylation is 2. The summed E-state index contributed by atoms with van der Waals surface area (Å²) in [5.41, 5.74) is 3.95. The van der Waals surface area contributed by atoms with Gasteiger partial charge in [0, 0.05) is 29.7 Å². The number of nitrogens with zero attached hydrogens (tertiary/aromatic N) is 2. The molecule has 0 N–H and O–H groups in total. The van der Waals surface area contributed by atoms with E-state index in [1.807, 2.05) is 12.4 Å². The van der Waals surface area contributed by atoms with Crippen LogP contribution in [0.2, 0.25) is 0 Å². The molecule has 1 aromatic carbocycles. The Labute approximate surface area is 94.5 Å². The van der Waals surface area contributed by atoms with E-state index in [0.717, 1.165) is 6.54 Å². The van der Waals surface area contributed by atoms with Gasteiger partial charge in [0.25, 0.3) is 0 Å². The first-order valence-electron chi connectivity index (χ1n) is 5.64. The molecule has 3 rings (SSSR count). The Morgan fingerprint density at radius 3 is 2.88 bits per heavy atom. The highest BCUT2D eigenvalue weighted by molar-refractivity contribution is 6.08. The van der Waals surface area contributed by atoms with Gasteiger partial charge in [-0.3, -0.25) is 4.98 Å². The molecule has 3 aromatic rings. The minimum Gasteiger partial charge on any atom is -0.340 e. The van der Waals surface area contributed by atoms with E-state index < -0.39 is 0 Å². The van der Waals surface area contributed by atoms with Gasteiger partial charge in [-0.2, -0.15) is 0 Å². The van der Waals surface area contributed by atoms with Crippen LogP contribution in [0, 0.1) is 6.92 Å². The number of pyridine rings is 1. The van der Waals surface area contributed by atoms with Crippen LogP contribution < -0.4 is 0 Å². The zero-order chi connectivity index (χ0) is 11.1. The van der Waals surface area contributed by atoms with E-state index in [0.29, 0.717) is 0 Å². The van der Waals surface area contributed by atoms with Crippen molar-refractivity contribution < 1.29 is 0 Å². The van der Waals surface area contributed by atoms with Crippen LogP contribution in [-0.4, -0.2) is 9.55 Å². The molecule has 0 radical (unpaired) electrons. The van der Waals surface area contributed by atoms with Gasteiger partial charge in [0.2, 0.25) is 0 Å². The second-order valence-corrected chi connectivity index (χ2v) is 4.11. The van der Waals surface area contributed by atoms with Crippen molar-refractivity contribution in [2.24, 2.45) is 0 Å². The first-order valence-corrected chi connectivity index (χ1v) is 5.64. The van der Waals surface area contributed by atoms with Crippen LogP contribution in [0.3, 0.4) is 0 Å². The van der Waals surface area contributed by atoms with E-state index in [1.54, 1.807) is 0 Å². The normalized spacial score (nSPS) is 11.4. The molecular weight excluding hydrogens is 196 g/mol. The van der Waals surface area contributed by atoms with Gasteiger partial charge >= 0.3 is 0 Å². The summed E-state index contributed by atoms with van der Waals surface area (Å²) in [5, 5.41) is 2.56. The second-order valence-electron chi connectivity index (χ2n) is 4.11. The minimum absolute atomic E-state index is 0.995. The zero-order valence-electron chi connectivity index (χ0n) is 9.57. The molecule has 80 valence electrons. The van der Waals surface area contributed by atoms with Crippen LogP contribution in [0.1, 0.15) is 12.5 Å². The summed E-state index contributed by atoms with van der Waals surface area (Å²) in [7, 11) is 0. The molecule has 2 heteroatoms. The first kappa shape index (κ1) is 9.40. The maximum atomic E-state index is 4.23. The Balaban J connectivity index is 2.64. The topological polar surface area (TPSA) is 17.8 Å². The number of rotatable bonds is 1. The van der Waals surface area contributed by atoms with E-state index in [9.17, 15) is 0 Å². The summed E-state index contributed by atoms with van der Waals surface area (Å²) < 4.78 is 2.36. The van der Waals surface area contributed by atoms with E-state index in [1.165, 1.54) is 27.4 Å². The van der Waals surface area contributed by atoms with Crippen molar-refractivity contribution in [3.8, 4) is 0 Å². The summed E-state index contributed by atoms with van der Waals surface area (Å²) in [6, 6.07) is 8.56. The summed E-state index contributed by atoms with van der Waals surface area (Å²) in [6.07, 6.45) is 3.83. The van der Waals surface area contributed by atoms with Crippen LogP contribution in [-0.2, 0) is 6.54 Å². The SMILES string of the molecule is CCn1c2ccncc2c2cccc(C)c21. The van der Waals surface area contributed by atoms with Gasteiger partial charge in [-0.05, 0) is 25.5 Å². The maximum Gasteiger partial charge on any atom is 0.0522 e. The second kappa shape index (κ2) is 3.34. The number of aromatic nitrogens is 2. The van der Waals surface area contributed by atoms with Gasteiger partial charge in [-0.1, -0.05) is 18.2 Å². The van der Waals surface area contributed by atoms with Crippen molar-refractivity contribution in [3.05, 3.63) is 42.2 Å². The van der Waals surface area contributed by atoms with Crippen molar-refractivity contribution in [1.29, 1.82) is 0 Å². The average Bonchev–Trinajstić information content (AvgIpc) is 2.65. The molecule has 0 aliphatic carbocycles. The predicted molar refractivity (Wildman–Crippen MR) is 67.7 cm³/mol. The van der Waals surface area contributed by atoms with Gasteiger partial charge in [0.1, 0.15) is 0 Å². The first-order chi connectivity index (χ1) is 7.83. The van der Waals surface area contributed by atoms with Crippen molar-refractivity contribution >= 4 is 21.8 Å². The number of para-hydroxylation sites is 1. The standard InChI is InChI=1S/C14H14N2/c1-3-16-13-7-8-15-9-12(13)11-6-4-5-10(2)14(11)16/h4-9H,3H2,1-2H3. The summed E-state index contributed by atoms with van der Waals surface area (Å²) in [4.78, 5) is 4.23. The molecule has 0 atom stereocenters. The van der Waals surface area contributed by atoms with Gasteiger partial charge < -0.3 is 4.57 Å². The highest BCUT2D eigenvalue weighted by atomic mass is 15.0. The average molecular weight is 210 g/mol. The molecule has 2 nitrogen and oxygen atoms in total. The van der Waals surface area contributed by atoms with E-state index in [2.05, 4.69) is 47.7 Å². The molecule has 0 bridgehead atoms. The van der Waals surface area contributed by atoms with Gasteiger partial charge in [-0.25, -0.2) is 0 Å². The predicted octanol–water partition coefficient (Wildman–Crippen LogP) is 3.52. The van der Waals surface area contributed by atoms with Gasteiger partial charge in [0.05, 0.1) is 11.0 Å². The van der Waals surface area contributed by atoms with Crippen molar-refractivity contribution in [2.45, 2.75) is 20.4 Å². The lowest BCUT2D eigenvalue weighted by Crippen LogP contribution is -1.94. The lowest BCUT2D eigenvalue weighted by molar-refractivity contribution is 0.824. The molecule has 2 heterocycles. The smallest absolute Gasteiger partial charge is 0.0522 e. The quantitative estimate of drug-likeness (QED) is 0.601. The molecular formula is C14H14N2. The van der Waals surface area contributed by atoms with Crippen LogP contribution in [0.4, 0.5) is 0 Å². The molecule has 0 unspecified atom stereocenters. The Kier molecular flexibility index (Phi) is 1.96. The third-order valence-corrected chi connectivity index (χ3v) is 3.20. The van der Waals surface area contributed by atoms with E-state index in [4.69, 9.17) is 0 Å². The fraction of sp³-hybridized carbons (Fsp3) is 0.214. The Bertz CT molecular complexity index is 665. The molecule has 2 aromatic heterocycles.